The fraction of sp³-hybridized carbons (Fsp3) is 0.579. The predicted molar refractivity (Wildman–Crippen MR) is 104 cm³/mol. The van der Waals surface area contributed by atoms with E-state index in [1.165, 1.54) is 0 Å². The summed E-state index contributed by atoms with van der Waals surface area (Å²) in [5.74, 6) is 0.626. The monoisotopic (exact) mass is 381 g/mol. The number of morpholine rings is 1. The van der Waals surface area contributed by atoms with Crippen molar-refractivity contribution in [1.82, 2.24) is 10.2 Å². The lowest BCUT2D eigenvalue weighted by Crippen LogP contribution is -2.41. The number of nitrogens with one attached hydrogen (secondary N) is 2. The number of carbonyl (C=O) groups is 2. The number of carbonyl (C=O) groups excluding carboxylic acids is 2. The number of benzene rings is 1. The van der Waals surface area contributed by atoms with Crippen molar-refractivity contribution in [3.63, 3.8) is 0 Å². The molecule has 1 atom stereocenters. The molecule has 7 heteroatoms. The van der Waals surface area contributed by atoms with E-state index in [-0.39, 0.29) is 24.2 Å². The Morgan fingerprint density at radius 3 is 2.77 bits per heavy atom. The van der Waals surface area contributed by atoms with Crippen molar-refractivity contribution in [3.8, 4) is 0 Å². The first-order chi connectivity index (χ1) is 12.1. The van der Waals surface area contributed by atoms with Crippen molar-refractivity contribution >= 4 is 29.9 Å². The van der Waals surface area contributed by atoms with Gasteiger partial charge in [0.2, 0.25) is 5.91 Å². The number of halogens is 1. The molecule has 1 aromatic carbocycles. The van der Waals surface area contributed by atoms with Crippen LogP contribution in [0.1, 0.15) is 35.2 Å². The molecule has 6 nitrogen and oxygen atoms in total. The number of anilines is 1. The smallest absolute Gasteiger partial charge is 0.254 e. The topological polar surface area (TPSA) is 70.7 Å². The first kappa shape index (κ1) is 20.7. The molecular formula is C19H28ClN3O3. The summed E-state index contributed by atoms with van der Waals surface area (Å²) in [4.78, 5) is 26.8. The van der Waals surface area contributed by atoms with Gasteiger partial charge in [-0.05, 0) is 56.5 Å². The Balaban J connectivity index is 0.00000243. The van der Waals surface area contributed by atoms with Crippen molar-refractivity contribution in [1.29, 1.82) is 0 Å². The minimum Gasteiger partial charge on any atom is -0.378 e. The summed E-state index contributed by atoms with van der Waals surface area (Å²) in [6.07, 6.45) is 2.58. The number of amides is 2. The van der Waals surface area contributed by atoms with E-state index < -0.39 is 0 Å². The first-order valence-corrected chi connectivity index (χ1v) is 9.12. The van der Waals surface area contributed by atoms with Gasteiger partial charge in [0.15, 0.2) is 0 Å². The summed E-state index contributed by atoms with van der Waals surface area (Å²) in [5.41, 5.74) is 2.21. The SMILES string of the molecule is Cc1c(NC(=O)CCC2CCNC2)cccc1C(=O)N1CCOCC1.Cl. The summed E-state index contributed by atoms with van der Waals surface area (Å²) in [6, 6.07) is 5.52. The normalized spacial score (nSPS) is 19.7. The average molecular weight is 382 g/mol. The Bertz CT molecular complexity index is 626. The quantitative estimate of drug-likeness (QED) is 0.820. The van der Waals surface area contributed by atoms with Crippen LogP contribution in [0.2, 0.25) is 0 Å². The number of rotatable bonds is 5. The molecule has 3 rings (SSSR count). The van der Waals surface area contributed by atoms with E-state index in [2.05, 4.69) is 10.6 Å². The predicted octanol–water partition coefficient (Wildman–Crippen LogP) is 2.22. The Morgan fingerprint density at radius 2 is 2.08 bits per heavy atom. The molecule has 1 aromatic rings. The number of hydrogen-bond donors (Lipinski definition) is 2. The maximum atomic E-state index is 12.7. The van der Waals surface area contributed by atoms with Gasteiger partial charge < -0.3 is 20.3 Å². The maximum Gasteiger partial charge on any atom is 0.254 e. The van der Waals surface area contributed by atoms with Gasteiger partial charge in [0, 0.05) is 30.8 Å². The highest BCUT2D eigenvalue weighted by molar-refractivity contribution is 5.99. The molecule has 2 N–H and O–H groups in total. The molecule has 2 aliphatic rings. The van der Waals surface area contributed by atoms with Crippen LogP contribution in [0.3, 0.4) is 0 Å². The first-order valence-electron chi connectivity index (χ1n) is 9.12. The zero-order chi connectivity index (χ0) is 17.6. The van der Waals surface area contributed by atoms with Crippen molar-refractivity contribution in [2.75, 3.05) is 44.7 Å². The third kappa shape index (κ3) is 5.19. The van der Waals surface area contributed by atoms with Gasteiger partial charge in [0.1, 0.15) is 0 Å². The van der Waals surface area contributed by atoms with Gasteiger partial charge >= 0.3 is 0 Å². The van der Waals surface area contributed by atoms with Gasteiger partial charge in [-0.15, -0.1) is 12.4 Å². The number of ether oxygens (including phenoxy) is 1. The molecule has 2 saturated heterocycles. The lowest BCUT2D eigenvalue weighted by Gasteiger charge is -2.27. The van der Waals surface area contributed by atoms with Crippen molar-refractivity contribution in [3.05, 3.63) is 29.3 Å². The van der Waals surface area contributed by atoms with Crippen LogP contribution in [0.5, 0.6) is 0 Å². The van der Waals surface area contributed by atoms with Crippen LogP contribution in [0.15, 0.2) is 18.2 Å². The van der Waals surface area contributed by atoms with Gasteiger partial charge in [0.05, 0.1) is 13.2 Å². The molecule has 2 fully saturated rings. The van der Waals surface area contributed by atoms with E-state index in [4.69, 9.17) is 4.74 Å². The highest BCUT2D eigenvalue weighted by atomic mass is 35.5. The molecule has 26 heavy (non-hydrogen) atoms. The second-order valence-corrected chi connectivity index (χ2v) is 6.83. The standard InChI is InChI=1S/C19H27N3O3.ClH/c1-14-16(19(24)22-9-11-25-12-10-22)3-2-4-17(14)21-18(23)6-5-15-7-8-20-13-15;/h2-4,15,20H,5-13H2,1H3,(H,21,23);1H. The highest BCUT2D eigenvalue weighted by Crippen LogP contribution is 2.22. The summed E-state index contributed by atoms with van der Waals surface area (Å²) in [5, 5.41) is 6.30. The summed E-state index contributed by atoms with van der Waals surface area (Å²) in [7, 11) is 0. The van der Waals surface area contributed by atoms with E-state index in [0.29, 0.717) is 44.2 Å². The van der Waals surface area contributed by atoms with Crippen LogP contribution in [-0.2, 0) is 9.53 Å². The van der Waals surface area contributed by atoms with Gasteiger partial charge in [-0.25, -0.2) is 0 Å². The Hall–Kier alpha value is -1.63. The number of nitrogens with zero attached hydrogens (tertiary/aromatic N) is 1. The van der Waals surface area contributed by atoms with Crippen molar-refractivity contribution in [2.24, 2.45) is 5.92 Å². The van der Waals surface area contributed by atoms with Gasteiger partial charge in [-0.2, -0.15) is 0 Å². The molecule has 0 bridgehead atoms. The van der Waals surface area contributed by atoms with Crippen LogP contribution >= 0.6 is 12.4 Å². The molecule has 0 radical (unpaired) electrons. The van der Waals surface area contributed by atoms with Crippen molar-refractivity contribution < 1.29 is 14.3 Å². The van der Waals surface area contributed by atoms with E-state index >= 15 is 0 Å². The molecular weight excluding hydrogens is 354 g/mol. The Labute approximate surface area is 161 Å². The largest absolute Gasteiger partial charge is 0.378 e. The minimum atomic E-state index is 0. The maximum absolute atomic E-state index is 12.7. The second-order valence-electron chi connectivity index (χ2n) is 6.83. The summed E-state index contributed by atoms with van der Waals surface area (Å²) >= 11 is 0. The molecule has 144 valence electrons. The van der Waals surface area contributed by atoms with Crippen LogP contribution in [0, 0.1) is 12.8 Å². The lowest BCUT2D eigenvalue weighted by molar-refractivity contribution is -0.116. The zero-order valence-electron chi connectivity index (χ0n) is 15.3. The molecule has 0 aromatic heterocycles. The van der Waals surface area contributed by atoms with E-state index in [9.17, 15) is 9.59 Å². The van der Waals surface area contributed by atoms with Crippen molar-refractivity contribution in [2.45, 2.75) is 26.2 Å². The molecule has 2 aliphatic heterocycles. The van der Waals surface area contributed by atoms with Crippen LogP contribution in [0.4, 0.5) is 5.69 Å². The van der Waals surface area contributed by atoms with Crippen LogP contribution in [0.25, 0.3) is 0 Å². The van der Waals surface area contributed by atoms with E-state index in [0.717, 1.165) is 37.2 Å². The van der Waals surface area contributed by atoms with Gasteiger partial charge in [0.25, 0.3) is 5.91 Å². The Morgan fingerprint density at radius 1 is 1.31 bits per heavy atom. The van der Waals surface area contributed by atoms with E-state index in [1.54, 1.807) is 0 Å². The van der Waals surface area contributed by atoms with Crippen LogP contribution in [-0.4, -0.2) is 56.1 Å². The molecule has 2 amide bonds. The fourth-order valence-electron chi connectivity index (χ4n) is 3.45. The number of hydrogen-bond acceptors (Lipinski definition) is 4. The molecule has 1 unspecified atom stereocenters. The molecule has 0 spiro atoms. The highest BCUT2D eigenvalue weighted by Gasteiger charge is 2.21. The van der Waals surface area contributed by atoms with E-state index in [1.807, 2.05) is 30.0 Å². The summed E-state index contributed by atoms with van der Waals surface area (Å²) < 4.78 is 5.31. The summed E-state index contributed by atoms with van der Waals surface area (Å²) in [6.45, 7) is 6.35. The minimum absolute atomic E-state index is 0. The third-order valence-electron chi connectivity index (χ3n) is 5.08. The lowest BCUT2D eigenvalue weighted by atomic mass is 10.0. The second kappa shape index (κ2) is 9.90. The average Bonchev–Trinajstić information content (AvgIpc) is 3.15. The molecule has 2 heterocycles. The Kier molecular flexibility index (Phi) is 7.87. The fourth-order valence-corrected chi connectivity index (χ4v) is 3.45. The third-order valence-corrected chi connectivity index (χ3v) is 5.08. The zero-order valence-corrected chi connectivity index (χ0v) is 16.1. The van der Waals surface area contributed by atoms with Crippen LogP contribution < -0.4 is 10.6 Å². The van der Waals surface area contributed by atoms with Gasteiger partial charge in [-0.1, -0.05) is 6.07 Å². The van der Waals surface area contributed by atoms with Gasteiger partial charge in [-0.3, -0.25) is 9.59 Å². The molecule has 0 aliphatic carbocycles. The molecule has 0 saturated carbocycles.